The lowest BCUT2D eigenvalue weighted by Crippen LogP contribution is -2.31. The predicted molar refractivity (Wildman–Crippen MR) is 108 cm³/mol. The van der Waals surface area contributed by atoms with Gasteiger partial charge in [0.25, 0.3) is 0 Å². The summed E-state index contributed by atoms with van der Waals surface area (Å²) < 4.78 is 7.50. The van der Waals surface area contributed by atoms with E-state index in [0.717, 1.165) is 25.2 Å². The molecule has 4 aromatic rings. The number of hydrogen-bond acceptors (Lipinski definition) is 6. The molecule has 0 fully saturated rings. The predicted octanol–water partition coefficient (Wildman–Crippen LogP) is 5.27. The highest BCUT2D eigenvalue weighted by Gasteiger charge is 2.17. The Hall–Kier alpha value is -2.09. The van der Waals surface area contributed by atoms with Crippen LogP contribution in [0.15, 0.2) is 68.9 Å². The van der Waals surface area contributed by atoms with E-state index < -0.39 is 0 Å². The van der Waals surface area contributed by atoms with Crippen LogP contribution in [0, 0.1) is 0 Å². The average Bonchev–Trinajstić information content (AvgIpc) is 3.40. The number of thiazole rings is 1. The number of benzene rings is 1. The van der Waals surface area contributed by atoms with Gasteiger partial charge in [0.15, 0.2) is 4.34 Å². The Morgan fingerprint density at radius 1 is 1.12 bits per heavy atom. The lowest BCUT2D eigenvalue weighted by molar-refractivity contribution is -0.129. The number of carbonyl (C=O) groups is 1. The third-order valence-electron chi connectivity index (χ3n) is 3.80. The largest absolute Gasteiger partial charge is 0.467 e. The van der Waals surface area contributed by atoms with Crippen molar-refractivity contribution in [2.45, 2.75) is 17.4 Å². The standard InChI is InChI=1S/C19H16N2O2S3/c22-18(13-25-19-20-16-7-1-2-8-17(16)26-19)21(11-14-5-3-9-23-14)12-15-6-4-10-24-15/h1-10H,11-13H2. The van der Waals surface area contributed by atoms with Gasteiger partial charge in [-0.3, -0.25) is 4.79 Å². The minimum absolute atomic E-state index is 0.0825. The molecular weight excluding hydrogens is 384 g/mol. The van der Waals surface area contributed by atoms with Crippen LogP contribution in [0.4, 0.5) is 0 Å². The highest BCUT2D eigenvalue weighted by atomic mass is 32.2. The number of amides is 1. The highest BCUT2D eigenvalue weighted by molar-refractivity contribution is 8.01. The minimum Gasteiger partial charge on any atom is -0.467 e. The van der Waals surface area contributed by atoms with Gasteiger partial charge in [-0.25, -0.2) is 4.98 Å². The number of thioether (sulfide) groups is 1. The molecule has 26 heavy (non-hydrogen) atoms. The summed E-state index contributed by atoms with van der Waals surface area (Å²) in [6.45, 7) is 1.07. The second-order valence-electron chi connectivity index (χ2n) is 5.64. The molecule has 0 aliphatic carbocycles. The number of thiophene rings is 1. The third-order valence-corrected chi connectivity index (χ3v) is 6.82. The van der Waals surface area contributed by atoms with Gasteiger partial charge in [0.2, 0.25) is 5.91 Å². The zero-order valence-electron chi connectivity index (χ0n) is 13.8. The Labute approximate surface area is 163 Å². The molecule has 0 saturated heterocycles. The zero-order valence-corrected chi connectivity index (χ0v) is 16.3. The van der Waals surface area contributed by atoms with Crippen LogP contribution < -0.4 is 0 Å². The first kappa shape index (κ1) is 17.3. The maximum atomic E-state index is 12.8. The lowest BCUT2D eigenvalue weighted by atomic mass is 10.3. The summed E-state index contributed by atoms with van der Waals surface area (Å²) in [7, 11) is 0. The molecule has 7 heteroatoms. The van der Waals surface area contributed by atoms with Crippen molar-refractivity contribution in [2.75, 3.05) is 5.75 Å². The lowest BCUT2D eigenvalue weighted by Gasteiger charge is -2.20. The van der Waals surface area contributed by atoms with Gasteiger partial charge in [-0.2, -0.15) is 0 Å². The quantitative estimate of drug-likeness (QED) is 0.396. The fourth-order valence-electron chi connectivity index (χ4n) is 2.54. The molecule has 4 rings (SSSR count). The average molecular weight is 401 g/mol. The van der Waals surface area contributed by atoms with Crippen LogP contribution in [-0.2, 0) is 17.9 Å². The molecular formula is C19H16N2O2S3. The van der Waals surface area contributed by atoms with Crippen LogP contribution in [-0.4, -0.2) is 21.5 Å². The molecule has 1 aromatic carbocycles. The Balaban J connectivity index is 1.44. The first-order valence-electron chi connectivity index (χ1n) is 8.09. The van der Waals surface area contributed by atoms with Crippen molar-refractivity contribution in [3.05, 3.63) is 70.8 Å². The van der Waals surface area contributed by atoms with Gasteiger partial charge >= 0.3 is 0 Å². The van der Waals surface area contributed by atoms with E-state index in [-0.39, 0.29) is 5.91 Å². The van der Waals surface area contributed by atoms with Crippen molar-refractivity contribution in [3.8, 4) is 0 Å². The van der Waals surface area contributed by atoms with Gasteiger partial charge in [-0.05, 0) is 35.7 Å². The maximum Gasteiger partial charge on any atom is 0.233 e. The topological polar surface area (TPSA) is 46.3 Å². The molecule has 132 valence electrons. The first-order chi connectivity index (χ1) is 12.8. The summed E-state index contributed by atoms with van der Waals surface area (Å²) >= 11 is 4.78. The number of carbonyl (C=O) groups excluding carboxylic acids is 1. The molecule has 0 atom stereocenters. The summed E-state index contributed by atoms with van der Waals surface area (Å²) in [6.07, 6.45) is 1.64. The number of nitrogens with zero attached hydrogens (tertiary/aromatic N) is 2. The van der Waals surface area contributed by atoms with Gasteiger partial charge in [0.05, 0.1) is 35.3 Å². The van der Waals surface area contributed by atoms with Crippen LogP contribution in [0.1, 0.15) is 10.6 Å². The molecule has 0 saturated carbocycles. The van der Waals surface area contributed by atoms with E-state index in [1.54, 1.807) is 28.9 Å². The number of fused-ring (bicyclic) bond motifs is 1. The fourth-order valence-corrected chi connectivity index (χ4v) is 5.23. The van der Waals surface area contributed by atoms with Crippen molar-refractivity contribution in [2.24, 2.45) is 0 Å². The van der Waals surface area contributed by atoms with Crippen molar-refractivity contribution in [3.63, 3.8) is 0 Å². The molecule has 0 spiro atoms. The number of rotatable bonds is 7. The molecule has 3 aromatic heterocycles. The van der Waals surface area contributed by atoms with E-state index in [1.807, 2.05) is 52.7 Å². The second-order valence-corrected chi connectivity index (χ2v) is 8.93. The van der Waals surface area contributed by atoms with Crippen LogP contribution >= 0.6 is 34.4 Å². The molecule has 0 N–H and O–H groups in total. The number of aromatic nitrogens is 1. The smallest absolute Gasteiger partial charge is 0.233 e. The minimum atomic E-state index is 0.0825. The van der Waals surface area contributed by atoms with Crippen LogP contribution in [0.5, 0.6) is 0 Å². The van der Waals surface area contributed by atoms with Crippen molar-refractivity contribution < 1.29 is 9.21 Å². The Kier molecular flexibility index (Phi) is 5.38. The van der Waals surface area contributed by atoms with E-state index >= 15 is 0 Å². The summed E-state index contributed by atoms with van der Waals surface area (Å²) in [5.74, 6) is 1.24. The molecule has 1 amide bonds. The van der Waals surface area contributed by atoms with Crippen LogP contribution in [0.3, 0.4) is 0 Å². The van der Waals surface area contributed by atoms with Gasteiger partial charge < -0.3 is 9.32 Å². The summed E-state index contributed by atoms with van der Waals surface area (Å²) in [6, 6.07) is 15.8. The summed E-state index contributed by atoms with van der Waals surface area (Å²) in [4.78, 5) is 20.4. The molecule has 0 bridgehead atoms. The van der Waals surface area contributed by atoms with E-state index in [2.05, 4.69) is 11.1 Å². The van der Waals surface area contributed by atoms with Gasteiger partial charge in [0.1, 0.15) is 5.76 Å². The molecule has 4 nitrogen and oxygen atoms in total. The molecule has 3 heterocycles. The zero-order chi connectivity index (χ0) is 17.8. The second kappa shape index (κ2) is 8.07. The van der Waals surface area contributed by atoms with Crippen LogP contribution in [0.2, 0.25) is 0 Å². The normalized spacial score (nSPS) is 11.1. The van der Waals surface area contributed by atoms with Crippen molar-refractivity contribution in [1.82, 2.24) is 9.88 Å². The van der Waals surface area contributed by atoms with E-state index in [9.17, 15) is 4.79 Å². The van der Waals surface area contributed by atoms with Crippen molar-refractivity contribution in [1.29, 1.82) is 0 Å². The number of hydrogen-bond donors (Lipinski definition) is 0. The first-order valence-corrected chi connectivity index (χ1v) is 10.8. The van der Waals surface area contributed by atoms with Gasteiger partial charge in [0, 0.05) is 4.88 Å². The SMILES string of the molecule is O=C(CSc1nc2ccccc2s1)N(Cc1ccco1)Cc1cccs1. The fraction of sp³-hybridized carbons (Fsp3) is 0.158. The van der Waals surface area contributed by atoms with Crippen molar-refractivity contribution >= 4 is 50.6 Å². The maximum absolute atomic E-state index is 12.8. The van der Waals surface area contributed by atoms with E-state index in [1.165, 1.54) is 11.8 Å². The third kappa shape index (κ3) is 4.17. The van der Waals surface area contributed by atoms with Gasteiger partial charge in [-0.1, -0.05) is 30.0 Å². The van der Waals surface area contributed by atoms with Crippen LogP contribution in [0.25, 0.3) is 10.2 Å². The van der Waals surface area contributed by atoms with E-state index in [0.29, 0.717) is 18.8 Å². The summed E-state index contributed by atoms with van der Waals surface area (Å²) in [5.41, 5.74) is 0.985. The Morgan fingerprint density at radius 2 is 2.04 bits per heavy atom. The molecule has 0 unspecified atom stereocenters. The molecule has 0 aliphatic heterocycles. The number of furan rings is 1. The van der Waals surface area contributed by atoms with E-state index in [4.69, 9.17) is 4.42 Å². The monoisotopic (exact) mass is 400 g/mol. The number of para-hydroxylation sites is 1. The summed E-state index contributed by atoms with van der Waals surface area (Å²) in [5, 5.41) is 2.03. The Bertz CT molecular complexity index is 908. The highest BCUT2D eigenvalue weighted by Crippen LogP contribution is 2.29. The van der Waals surface area contributed by atoms with Gasteiger partial charge in [-0.15, -0.1) is 22.7 Å². The molecule has 0 radical (unpaired) electrons. The Morgan fingerprint density at radius 3 is 2.81 bits per heavy atom. The molecule has 0 aliphatic rings.